The predicted octanol–water partition coefficient (Wildman–Crippen LogP) is 8.92. The third-order valence-corrected chi connectivity index (χ3v) is 9.02. The van der Waals surface area contributed by atoms with Crippen LogP contribution in [-0.2, 0) is 21.7 Å². The molecule has 0 saturated heterocycles. The van der Waals surface area contributed by atoms with Gasteiger partial charge < -0.3 is 0 Å². The van der Waals surface area contributed by atoms with Crippen molar-refractivity contribution in [3.8, 4) is 0 Å². The van der Waals surface area contributed by atoms with Crippen molar-refractivity contribution in [1.82, 2.24) is 0 Å². The second kappa shape index (κ2) is 12.6. The minimum Gasteiger partial charge on any atom is -0.272 e. The summed E-state index contributed by atoms with van der Waals surface area (Å²) >= 11 is 0. The molecule has 0 saturated carbocycles. The summed E-state index contributed by atoms with van der Waals surface area (Å²) in [5.41, 5.74) is 2.31. The van der Waals surface area contributed by atoms with Gasteiger partial charge in [-0.3, -0.25) is 4.74 Å². The van der Waals surface area contributed by atoms with Gasteiger partial charge in [-0.1, -0.05) is 99.3 Å². The quantitative estimate of drug-likeness (QED) is 0.230. The van der Waals surface area contributed by atoms with Gasteiger partial charge in [0.05, 0.1) is 0 Å². The molecule has 0 aromatic heterocycles. The van der Waals surface area contributed by atoms with E-state index >= 15 is 0 Å². The van der Waals surface area contributed by atoms with E-state index in [2.05, 4.69) is 87.1 Å². The molecule has 0 heterocycles. The first-order valence-corrected chi connectivity index (χ1v) is 12.6. The SMILES string of the molecule is C=CC=CC.CC(C)(C)CP(CC(C)(C)C)(CC(C)(C)C)=NC1=CC=CC1.[Ti]. The van der Waals surface area contributed by atoms with Crippen molar-refractivity contribution >= 4 is 7.05 Å². The Morgan fingerprint density at radius 2 is 1.36 bits per heavy atom. The van der Waals surface area contributed by atoms with Gasteiger partial charge in [-0.2, -0.15) is 0 Å². The third-order valence-electron chi connectivity index (χ3n) is 3.73. The normalized spacial score (nSPS) is 14.9. The minimum atomic E-state index is -1.39. The van der Waals surface area contributed by atoms with E-state index < -0.39 is 7.05 Å². The van der Waals surface area contributed by atoms with Crippen LogP contribution in [-0.4, -0.2) is 18.5 Å². The van der Waals surface area contributed by atoms with Gasteiger partial charge in [0.2, 0.25) is 0 Å². The van der Waals surface area contributed by atoms with Gasteiger partial charge in [0.25, 0.3) is 0 Å². The van der Waals surface area contributed by atoms with Crippen molar-refractivity contribution in [3.63, 3.8) is 0 Å². The van der Waals surface area contributed by atoms with Crippen LogP contribution in [0.25, 0.3) is 0 Å². The number of allylic oxidation sites excluding steroid dienone is 6. The Morgan fingerprint density at radius 3 is 1.57 bits per heavy atom. The van der Waals surface area contributed by atoms with Crippen molar-refractivity contribution < 1.29 is 21.7 Å². The first-order valence-electron chi connectivity index (χ1n) is 10.3. The fraction of sp³-hybridized carbons (Fsp3) is 0.680. The summed E-state index contributed by atoms with van der Waals surface area (Å²) in [5.74, 6) is 0. The molecule has 0 aliphatic heterocycles. The average Bonchev–Trinajstić information content (AvgIpc) is 2.85. The van der Waals surface area contributed by atoms with Gasteiger partial charge in [-0.15, -0.1) is 0 Å². The van der Waals surface area contributed by atoms with E-state index in [0.29, 0.717) is 16.2 Å². The molecule has 0 radical (unpaired) electrons. The minimum absolute atomic E-state index is 0. The average molecular weight is 439 g/mol. The zero-order valence-electron chi connectivity index (χ0n) is 20.4. The Labute approximate surface area is 192 Å². The van der Waals surface area contributed by atoms with Crippen LogP contribution in [0.4, 0.5) is 0 Å². The summed E-state index contributed by atoms with van der Waals surface area (Å²) in [5, 5.41) is 0. The Balaban J connectivity index is 0. The molecule has 1 aliphatic rings. The molecule has 1 rings (SSSR count). The van der Waals surface area contributed by atoms with Gasteiger partial charge in [0.15, 0.2) is 0 Å². The standard InChI is InChI=1S/C20H38NP.C5H8.Ti/c1-18(2,3)14-22(15-19(4,5)6,16-20(7,8)9)21-17-12-10-11-13-17;1-3-5-4-2;/h10-12H,13-16H2,1-9H3;3-5H,1H2,2H3;. The van der Waals surface area contributed by atoms with Gasteiger partial charge in [-0.25, -0.2) is 0 Å². The largest absolute Gasteiger partial charge is 0.272 e. The van der Waals surface area contributed by atoms with Gasteiger partial charge in [0.1, 0.15) is 0 Å². The Bertz CT molecular complexity index is 554. The van der Waals surface area contributed by atoms with E-state index in [1.54, 1.807) is 6.08 Å². The van der Waals surface area contributed by atoms with Crippen LogP contribution in [0, 0.1) is 16.2 Å². The smallest absolute Gasteiger partial charge is 0.0425 e. The molecule has 0 fully saturated rings. The molecule has 3 heteroatoms. The predicted molar refractivity (Wildman–Crippen MR) is 129 cm³/mol. The molecule has 0 bridgehead atoms. The van der Waals surface area contributed by atoms with Crippen LogP contribution < -0.4 is 0 Å². The molecule has 0 N–H and O–H groups in total. The summed E-state index contributed by atoms with van der Waals surface area (Å²) in [6.45, 7) is 26.8. The second-order valence-corrected chi connectivity index (χ2v) is 14.7. The maximum atomic E-state index is 5.47. The summed E-state index contributed by atoms with van der Waals surface area (Å²) in [6.07, 6.45) is 17.0. The molecule has 1 aliphatic carbocycles. The van der Waals surface area contributed by atoms with Crippen LogP contribution in [0.2, 0.25) is 0 Å². The Morgan fingerprint density at radius 1 is 0.929 bits per heavy atom. The van der Waals surface area contributed by atoms with Crippen molar-refractivity contribution in [3.05, 3.63) is 48.7 Å². The molecule has 28 heavy (non-hydrogen) atoms. The van der Waals surface area contributed by atoms with E-state index in [9.17, 15) is 0 Å². The molecule has 0 spiro atoms. The van der Waals surface area contributed by atoms with Gasteiger partial charge >= 0.3 is 0 Å². The zero-order chi connectivity index (χ0) is 21.4. The van der Waals surface area contributed by atoms with Crippen LogP contribution >= 0.6 is 7.05 Å². The van der Waals surface area contributed by atoms with Crippen molar-refractivity contribution in [2.24, 2.45) is 21.0 Å². The van der Waals surface area contributed by atoms with Crippen molar-refractivity contribution in [2.75, 3.05) is 18.5 Å². The fourth-order valence-corrected chi connectivity index (χ4v) is 10.4. The van der Waals surface area contributed by atoms with Gasteiger partial charge in [0, 0.05) is 33.8 Å². The van der Waals surface area contributed by atoms with Crippen molar-refractivity contribution in [2.45, 2.75) is 75.7 Å². The molecule has 160 valence electrons. The maximum absolute atomic E-state index is 5.47. The van der Waals surface area contributed by atoms with Crippen LogP contribution in [0.1, 0.15) is 75.7 Å². The number of hydrogen-bond donors (Lipinski definition) is 0. The molecular formula is C25H46NPTi. The Hall–Kier alpha value is -0.0957. The third kappa shape index (κ3) is 15.8. The molecule has 1 nitrogen and oxygen atoms in total. The first-order chi connectivity index (χ1) is 12.1. The fourth-order valence-electron chi connectivity index (χ4n) is 3.84. The topological polar surface area (TPSA) is 12.4 Å². The molecule has 0 atom stereocenters. The van der Waals surface area contributed by atoms with E-state index in [1.165, 1.54) is 24.2 Å². The first kappa shape index (κ1) is 30.1. The number of hydrogen-bond acceptors (Lipinski definition) is 1. The number of rotatable bonds is 5. The Kier molecular flexibility index (Phi) is 13.5. The van der Waals surface area contributed by atoms with Crippen LogP contribution in [0.3, 0.4) is 0 Å². The number of nitrogens with zero attached hydrogens (tertiary/aromatic N) is 1. The summed E-state index contributed by atoms with van der Waals surface area (Å²) in [6, 6.07) is 0. The van der Waals surface area contributed by atoms with Gasteiger partial charge in [-0.05, 0) is 54.8 Å². The van der Waals surface area contributed by atoms with E-state index in [1.807, 2.05) is 19.1 Å². The molecule has 0 amide bonds. The van der Waals surface area contributed by atoms with Crippen molar-refractivity contribution in [1.29, 1.82) is 0 Å². The molecular weight excluding hydrogens is 393 g/mol. The second-order valence-electron chi connectivity index (χ2n) is 11.4. The summed E-state index contributed by atoms with van der Waals surface area (Å²) in [7, 11) is -1.39. The van der Waals surface area contributed by atoms with Crippen LogP contribution in [0.15, 0.2) is 53.5 Å². The summed E-state index contributed by atoms with van der Waals surface area (Å²) in [4.78, 5) is 0. The van der Waals surface area contributed by atoms with Crippen LogP contribution in [0.5, 0.6) is 0 Å². The monoisotopic (exact) mass is 439 g/mol. The molecule has 0 aromatic rings. The molecule has 0 unspecified atom stereocenters. The molecule has 0 aromatic carbocycles. The zero-order valence-corrected chi connectivity index (χ0v) is 22.9. The maximum Gasteiger partial charge on any atom is 0.0425 e. The van der Waals surface area contributed by atoms with E-state index in [-0.39, 0.29) is 21.7 Å². The van der Waals surface area contributed by atoms with E-state index in [0.717, 1.165) is 6.42 Å². The summed E-state index contributed by atoms with van der Waals surface area (Å²) < 4.78 is 5.47. The van der Waals surface area contributed by atoms with E-state index in [4.69, 9.17) is 4.74 Å².